The fraction of sp³-hybridized carbons (Fsp3) is 0.474. The number of esters is 1. The highest BCUT2D eigenvalue weighted by molar-refractivity contribution is 5.91. The van der Waals surface area contributed by atoms with Crippen LogP contribution in [-0.4, -0.2) is 41.6 Å². The topological polar surface area (TPSA) is 55.8 Å². The van der Waals surface area contributed by atoms with Crippen LogP contribution in [0.4, 0.5) is 0 Å². The number of ether oxygens (including phenoxy) is 2. The Bertz CT molecular complexity index is 686. The van der Waals surface area contributed by atoms with Gasteiger partial charge in [0, 0.05) is 6.54 Å². The molecule has 3 aliphatic heterocycles. The first-order valence-corrected chi connectivity index (χ1v) is 8.51. The van der Waals surface area contributed by atoms with E-state index in [9.17, 15) is 9.59 Å². The van der Waals surface area contributed by atoms with Crippen molar-refractivity contribution in [1.82, 2.24) is 4.90 Å². The second-order valence-corrected chi connectivity index (χ2v) is 6.75. The van der Waals surface area contributed by atoms with Gasteiger partial charge in [-0.2, -0.15) is 0 Å². The van der Waals surface area contributed by atoms with Crippen LogP contribution in [0, 0.1) is 11.8 Å². The fourth-order valence-electron chi connectivity index (χ4n) is 4.08. The molecule has 0 radical (unpaired) electrons. The number of hydrogen-bond acceptors (Lipinski definition) is 4. The summed E-state index contributed by atoms with van der Waals surface area (Å²) in [6.07, 6.45) is 4.31. The highest BCUT2D eigenvalue weighted by Crippen LogP contribution is 2.52. The SMILES string of the molecule is CCCOC(=O)[C@H]1[C@@H]2C=C[C@]3(CN(Cc4ccccc4)C(=O)[C@H]13)O2. The van der Waals surface area contributed by atoms with Gasteiger partial charge < -0.3 is 14.4 Å². The van der Waals surface area contributed by atoms with Crippen molar-refractivity contribution >= 4 is 11.9 Å². The molecule has 3 heterocycles. The minimum atomic E-state index is -0.660. The van der Waals surface area contributed by atoms with E-state index in [4.69, 9.17) is 9.47 Å². The van der Waals surface area contributed by atoms with Crippen molar-refractivity contribution in [3.8, 4) is 0 Å². The summed E-state index contributed by atoms with van der Waals surface area (Å²) < 4.78 is 11.4. The van der Waals surface area contributed by atoms with Crippen LogP contribution in [0.15, 0.2) is 42.5 Å². The van der Waals surface area contributed by atoms with Gasteiger partial charge in [-0.3, -0.25) is 9.59 Å². The molecule has 2 fully saturated rings. The quantitative estimate of drug-likeness (QED) is 0.612. The summed E-state index contributed by atoms with van der Waals surface area (Å²) >= 11 is 0. The van der Waals surface area contributed by atoms with Gasteiger partial charge in [-0.15, -0.1) is 0 Å². The summed E-state index contributed by atoms with van der Waals surface area (Å²) in [6.45, 7) is 3.37. The zero-order valence-electron chi connectivity index (χ0n) is 13.7. The number of benzene rings is 1. The first-order chi connectivity index (χ1) is 11.6. The Morgan fingerprint density at radius 1 is 1.38 bits per heavy atom. The second-order valence-electron chi connectivity index (χ2n) is 6.75. The third-order valence-corrected chi connectivity index (χ3v) is 5.12. The largest absolute Gasteiger partial charge is 0.465 e. The van der Waals surface area contributed by atoms with E-state index in [2.05, 4.69) is 0 Å². The van der Waals surface area contributed by atoms with E-state index in [1.54, 1.807) is 4.90 Å². The predicted molar refractivity (Wildman–Crippen MR) is 86.8 cm³/mol. The molecule has 1 amide bonds. The van der Waals surface area contributed by atoms with E-state index in [1.165, 1.54) is 0 Å². The van der Waals surface area contributed by atoms with Crippen LogP contribution in [0.5, 0.6) is 0 Å². The number of likely N-dealkylation sites (tertiary alicyclic amines) is 1. The molecule has 4 atom stereocenters. The van der Waals surface area contributed by atoms with Crippen LogP contribution >= 0.6 is 0 Å². The van der Waals surface area contributed by atoms with E-state index in [1.807, 2.05) is 49.4 Å². The number of hydrogen-bond donors (Lipinski definition) is 0. The Labute approximate surface area is 141 Å². The van der Waals surface area contributed by atoms with Crippen molar-refractivity contribution in [2.75, 3.05) is 13.2 Å². The minimum absolute atomic E-state index is 0.0100. The van der Waals surface area contributed by atoms with Gasteiger partial charge in [0.25, 0.3) is 0 Å². The average molecular weight is 327 g/mol. The first-order valence-electron chi connectivity index (χ1n) is 8.51. The minimum Gasteiger partial charge on any atom is -0.465 e. The van der Waals surface area contributed by atoms with Crippen LogP contribution in [0.2, 0.25) is 0 Å². The zero-order valence-corrected chi connectivity index (χ0v) is 13.7. The lowest BCUT2D eigenvalue weighted by Crippen LogP contribution is -2.40. The van der Waals surface area contributed by atoms with Crippen LogP contribution in [-0.2, 0) is 25.6 Å². The summed E-state index contributed by atoms with van der Waals surface area (Å²) in [6, 6.07) is 9.88. The van der Waals surface area contributed by atoms with Crippen molar-refractivity contribution in [2.45, 2.75) is 31.6 Å². The van der Waals surface area contributed by atoms with Crippen LogP contribution in [0.3, 0.4) is 0 Å². The molecule has 3 aliphatic rings. The van der Waals surface area contributed by atoms with E-state index in [-0.39, 0.29) is 18.0 Å². The van der Waals surface area contributed by atoms with Gasteiger partial charge in [-0.05, 0) is 12.0 Å². The van der Waals surface area contributed by atoms with E-state index in [0.29, 0.717) is 19.7 Å². The van der Waals surface area contributed by atoms with Gasteiger partial charge in [-0.25, -0.2) is 0 Å². The Morgan fingerprint density at radius 2 is 2.17 bits per heavy atom. The Kier molecular flexibility index (Phi) is 3.68. The molecule has 0 unspecified atom stereocenters. The van der Waals surface area contributed by atoms with Crippen molar-refractivity contribution in [1.29, 1.82) is 0 Å². The summed E-state index contributed by atoms with van der Waals surface area (Å²) in [5.41, 5.74) is 0.415. The van der Waals surface area contributed by atoms with Gasteiger partial charge in [0.2, 0.25) is 5.91 Å². The molecule has 1 aromatic carbocycles. The summed E-state index contributed by atoms with van der Waals surface area (Å²) in [4.78, 5) is 27.2. The lowest BCUT2D eigenvalue weighted by atomic mass is 9.77. The molecule has 24 heavy (non-hydrogen) atoms. The first kappa shape index (κ1) is 15.4. The second kappa shape index (κ2) is 5.74. The Morgan fingerprint density at radius 3 is 2.92 bits per heavy atom. The lowest BCUT2D eigenvalue weighted by molar-refractivity contribution is -0.153. The van der Waals surface area contributed by atoms with Gasteiger partial charge in [0.05, 0.1) is 25.2 Å². The van der Waals surface area contributed by atoms with Gasteiger partial charge in [-0.1, -0.05) is 49.4 Å². The number of carbonyl (C=O) groups excluding carboxylic acids is 2. The number of nitrogens with zero attached hydrogens (tertiary/aromatic N) is 1. The maximum Gasteiger partial charge on any atom is 0.312 e. The maximum atomic E-state index is 13.0. The van der Waals surface area contributed by atoms with Crippen LogP contribution in [0.1, 0.15) is 18.9 Å². The molecule has 2 bridgehead atoms. The molecule has 5 heteroatoms. The van der Waals surface area contributed by atoms with Crippen molar-refractivity contribution in [2.24, 2.45) is 11.8 Å². The van der Waals surface area contributed by atoms with Crippen LogP contribution < -0.4 is 0 Å². The Hall–Kier alpha value is -2.14. The molecule has 5 nitrogen and oxygen atoms in total. The standard InChI is InChI=1S/C19H21NO4/c1-2-10-23-18(22)15-14-8-9-19(24-14)12-20(17(21)16(15)19)11-13-6-4-3-5-7-13/h3-9,14-16H,2,10-12H2,1H3/t14-,15-,16-,19+/m0/s1. The molecule has 126 valence electrons. The molecule has 2 saturated heterocycles. The summed E-state index contributed by atoms with van der Waals surface area (Å²) in [5, 5.41) is 0. The van der Waals surface area contributed by atoms with Crippen molar-refractivity contribution in [3.63, 3.8) is 0 Å². The number of fused-ring (bicyclic) bond motifs is 1. The molecular weight excluding hydrogens is 306 g/mol. The number of carbonyl (C=O) groups is 2. The van der Waals surface area contributed by atoms with Crippen LogP contribution in [0.25, 0.3) is 0 Å². The zero-order chi connectivity index (χ0) is 16.7. The molecule has 0 aromatic heterocycles. The van der Waals surface area contributed by atoms with E-state index < -0.39 is 17.4 Å². The molecular formula is C19H21NO4. The third-order valence-electron chi connectivity index (χ3n) is 5.12. The Balaban J connectivity index is 1.56. The summed E-state index contributed by atoms with van der Waals surface area (Å²) in [7, 11) is 0. The highest BCUT2D eigenvalue weighted by atomic mass is 16.6. The molecule has 4 rings (SSSR count). The molecule has 1 aromatic rings. The highest BCUT2D eigenvalue weighted by Gasteiger charge is 2.67. The number of amides is 1. The smallest absolute Gasteiger partial charge is 0.312 e. The van der Waals surface area contributed by atoms with E-state index >= 15 is 0 Å². The molecule has 0 N–H and O–H groups in total. The normalized spacial score (nSPS) is 33.1. The molecule has 0 saturated carbocycles. The molecule has 1 spiro atoms. The predicted octanol–water partition coefficient (Wildman–Crippen LogP) is 1.92. The van der Waals surface area contributed by atoms with Crippen molar-refractivity contribution in [3.05, 3.63) is 48.0 Å². The summed E-state index contributed by atoms with van der Waals surface area (Å²) in [5.74, 6) is -1.30. The molecule has 0 aliphatic carbocycles. The van der Waals surface area contributed by atoms with Crippen molar-refractivity contribution < 1.29 is 19.1 Å². The number of rotatable bonds is 5. The van der Waals surface area contributed by atoms with E-state index in [0.717, 1.165) is 12.0 Å². The average Bonchev–Trinajstić information content (AvgIpc) is 3.22. The maximum absolute atomic E-state index is 13.0. The van der Waals surface area contributed by atoms with Gasteiger partial charge in [0.1, 0.15) is 11.5 Å². The third kappa shape index (κ3) is 2.26. The fourth-order valence-corrected chi connectivity index (χ4v) is 4.08. The van der Waals surface area contributed by atoms with Gasteiger partial charge in [0.15, 0.2) is 0 Å². The monoisotopic (exact) mass is 327 g/mol. The van der Waals surface area contributed by atoms with Gasteiger partial charge >= 0.3 is 5.97 Å². The lowest BCUT2D eigenvalue weighted by Gasteiger charge is -2.22.